The summed E-state index contributed by atoms with van der Waals surface area (Å²) in [5.41, 5.74) is 2.82. The second-order valence-corrected chi connectivity index (χ2v) is 10.9. The average Bonchev–Trinajstić information content (AvgIpc) is 3.55. The molecule has 1 saturated carbocycles. The normalized spacial score (nSPS) is 16.8. The van der Waals surface area contributed by atoms with Crippen molar-refractivity contribution in [3.05, 3.63) is 81.0 Å². The molecule has 1 unspecified atom stereocenters. The highest BCUT2D eigenvalue weighted by molar-refractivity contribution is 7.10. The third-order valence-electron chi connectivity index (χ3n) is 6.77. The molecule has 1 N–H and O–H groups in total. The first-order valence-corrected chi connectivity index (χ1v) is 13.6. The first-order valence-electron chi connectivity index (χ1n) is 12.3. The number of benzene rings is 2. The Morgan fingerprint density at radius 1 is 1.17 bits per heavy atom. The number of anilines is 1. The van der Waals surface area contributed by atoms with Gasteiger partial charge in [0.25, 0.3) is 0 Å². The maximum absolute atomic E-state index is 13.7. The number of fused-ring (bicyclic) bond motifs is 1. The Bertz CT molecular complexity index is 1240. The number of amides is 3. The standard InChI is InChI=1S/C28H30ClN3O3S/c1-19-5-2-3-8-25(19)35-18-24-23-12-14-36-26(23)11-13-32(24)27(33)17-31(16-20-9-10-20)28(34)30-22-7-4-6-21(29)15-22/h2-8,12,14-15,20,24H,9-11,13,16-18H2,1H3,(H,30,34). The van der Waals surface area contributed by atoms with Crippen LogP contribution in [0.2, 0.25) is 5.02 Å². The molecular weight excluding hydrogens is 494 g/mol. The monoisotopic (exact) mass is 523 g/mol. The summed E-state index contributed by atoms with van der Waals surface area (Å²) in [5, 5.41) is 5.54. The van der Waals surface area contributed by atoms with E-state index in [9.17, 15) is 9.59 Å². The number of carbonyl (C=O) groups is 2. The van der Waals surface area contributed by atoms with Crippen LogP contribution in [0.25, 0.3) is 0 Å². The molecule has 0 spiro atoms. The SMILES string of the molecule is Cc1ccccc1OCC1c2ccsc2CCN1C(=O)CN(CC1CC1)C(=O)Nc1cccc(Cl)c1. The zero-order valence-electron chi connectivity index (χ0n) is 20.3. The van der Waals surface area contributed by atoms with Gasteiger partial charge in [-0.3, -0.25) is 4.79 Å². The van der Waals surface area contributed by atoms with Crippen LogP contribution in [0, 0.1) is 12.8 Å². The molecule has 3 aromatic rings. The van der Waals surface area contributed by atoms with Crippen molar-refractivity contribution in [1.82, 2.24) is 9.80 Å². The van der Waals surface area contributed by atoms with Crippen LogP contribution < -0.4 is 10.1 Å². The Balaban J connectivity index is 1.31. The third kappa shape index (κ3) is 5.85. The number of thiophene rings is 1. The molecule has 6 nitrogen and oxygen atoms in total. The second kappa shape index (κ2) is 10.9. The summed E-state index contributed by atoms with van der Waals surface area (Å²) < 4.78 is 6.21. The zero-order valence-corrected chi connectivity index (χ0v) is 21.9. The van der Waals surface area contributed by atoms with E-state index in [4.69, 9.17) is 16.3 Å². The van der Waals surface area contributed by atoms with Gasteiger partial charge >= 0.3 is 6.03 Å². The van der Waals surface area contributed by atoms with Crippen molar-refractivity contribution in [2.45, 2.75) is 32.2 Å². The lowest BCUT2D eigenvalue weighted by Gasteiger charge is -2.37. The van der Waals surface area contributed by atoms with Crippen LogP contribution in [0.1, 0.15) is 34.9 Å². The molecule has 1 aliphatic carbocycles. The van der Waals surface area contributed by atoms with Gasteiger partial charge in [0.1, 0.15) is 18.9 Å². The molecule has 1 aliphatic heterocycles. The Hall–Kier alpha value is -3.03. The van der Waals surface area contributed by atoms with Crippen LogP contribution in [-0.2, 0) is 11.2 Å². The summed E-state index contributed by atoms with van der Waals surface area (Å²) in [6, 6.07) is 16.6. The second-order valence-electron chi connectivity index (χ2n) is 9.49. The lowest BCUT2D eigenvalue weighted by molar-refractivity contribution is -0.135. The molecule has 36 heavy (non-hydrogen) atoms. The number of carbonyl (C=O) groups excluding carboxylic acids is 2. The highest BCUT2D eigenvalue weighted by atomic mass is 35.5. The van der Waals surface area contributed by atoms with E-state index in [-0.39, 0.29) is 24.5 Å². The zero-order chi connectivity index (χ0) is 25.1. The quantitative estimate of drug-likeness (QED) is 0.384. The fraction of sp³-hybridized carbons (Fsp3) is 0.357. The largest absolute Gasteiger partial charge is 0.491 e. The first-order chi connectivity index (χ1) is 17.5. The highest BCUT2D eigenvalue weighted by Gasteiger charge is 2.35. The van der Waals surface area contributed by atoms with Gasteiger partial charge in [-0.2, -0.15) is 0 Å². The Labute approximate surface area is 220 Å². The van der Waals surface area contributed by atoms with Gasteiger partial charge in [0.05, 0.1) is 6.04 Å². The van der Waals surface area contributed by atoms with E-state index in [1.807, 2.05) is 36.1 Å². The van der Waals surface area contributed by atoms with E-state index in [1.165, 1.54) is 4.88 Å². The minimum absolute atomic E-state index is 0.0310. The number of rotatable bonds is 8. The summed E-state index contributed by atoms with van der Waals surface area (Å²) in [7, 11) is 0. The number of aryl methyl sites for hydroxylation is 1. The topological polar surface area (TPSA) is 61.9 Å². The summed E-state index contributed by atoms with van der Waals surface area (Å²) in [6.07, 6.45) is 2.99. The number of nitrogens with one attached hydrogen (secondary N) is 1. The molecule has 0 radical (unpaired) electrons. The number of hydrogen-bond acceptors (Lipinski definition) is 4. The number of para-hydroxylation sites is 1. The van der Waals surface area contributed by atoms with Crippen molar-refractivity contribution in [1.29, 1.82) is 0 Å². The number of hydrogen-bond donors (Lipinski definition) is 1. The van der Waals surface area contributed by atoms with Crippen LogP contribution in [0.4, 0.5) is 10.5 Å². The minimum Gasteiger partial charge on any atom is -0.491 e. The van der Waals surface area contributed by atoms with Gasteiger partial charge in [-0.25, -0.2) is 4.79 Å². The summed E-state index contributed by atoms with van der Waals surface area (Å²) >= 11 is 7.81. The first kappa shape index (κ1) is 24.7. The van der Waals surface area contributed by atoms with Crippen molar-refractivity contribution in [3.8, 4) is 5.75 Å². The predicted octanol–water partition coefficient (Wildman–Crippen LogP) is 6.16. The number of nitrogens with zero attached hydrogens (tertiary/aromatic N) is 2. The molecule has 2 aliphatic rings. The van der Waals surface area contributed by atoms with Gasteiger partial charge in [0.15, 0.2) is 0 Å². The molecule has 2 aromatic carbocycles. The van der Waals surface area contributed by atoms with Crippen LogP contribution in [-0.4, -0.2) is 48.0 Å². The number of halogens is 1. The van der Waals surface area contributed by atoms with Crippen molar-refractivity contribution < 1.29 is 14.3 Å². The maximum Gasteiger partial charge on any atom is 0.322 e. The smallest absolute Gasteiger partial charge is 0.322 e. The predicted molar refractivity (Wildman–Crippen MR) is 144 cm³/mol. The van der Waals surface area contributed by atoms with Gasteiger partial charge in [0, 0.05) is 28.7 Å². The van der Waals surface area contributed by atoms with E-state index in [0.29, 0.717) is 36.3 Å². The molecule has 5 rings (SSSR count). The molecule has 188 valence electrons. The summed E-state index contributed by atoms with van der Waals surface area (Å²) in [4.78, 5) is 31.7. The average molecular weight is 524 g/mol. The Morgan fingerprint density at radius 2 is 2.00 bits per heavy atom. The molecule has 8 heteroatoms. The van der Waals surface area contributed by atoms with Crippen LogP contribution in [0.15, 0.2) is 60.0 Å². The number of urea groups is 1. The third-order valence-corrected chi connectivity index (χ3v) is 8.00. The molecule has 1 aromatic heterocycles. The lowest BCUT2D eigenvalue weighted by Crippen LogP contribution is -2.49. The molecule has 2 heterocycles. The molecule has 1 fully saturated rings. The summed E-state index contributed by atoms with van der Waals surface area (Å²) in [5.74, 6) is 1.21. The Kier molecular flexibility index (Phi) is 7.48. The fourth-order valence-electron chi connectivity index (χ4n) is 4.62. The highest BCUT2D eigenvalue weighted by Crippen LogP contribution is 2.35. The van der Waals surface area contributed by atoms with Gasteiger partial charge in [-0.05, 0) is 78.9 Å². The fourth-order valence-corrected chi connectivity index (χ4v) is 5.73. The van der Waals surface area contributed by atoms with Crippen molar-refractivity contribution in [3.63, 3.8) is 0 Å². The van der Waals surface area contributed by atoms with Crippen LogP contribution in [0.3, 0.4) is 0 Å². The lowest BCUT2D eigenvalue weighted by atomic mass is 10.0. The van der Waals surface area contributed by atoms with Gasteiger partial charge in [-0.1, -0.05) is 35.9 Å². The molecule has 0 bridgehead atoms. The van der Waals surface area contributed by atoms with Gasteiger partial charge < -0.3 is 19.9 Å². The Morgan fingerprint density at radius 3 is 2.78 bits per heavy atom. The van der Waals surface area contributed by atoms with E-state index >= 15 is 0 Å². The van der Waals surface area contributed by atoms with Crippen molar-refractivity contribution in [2.75, 3.05) is 31.6 Å². The molecular formula is C28H30ClN3O3S. The van der Waals surface area contributed by atoms with Crippen molar-refractivity contribution >= 4 is 40.6 Å². The molecule has 1 atom stereocenters. The van der Waals surface area contributed by atoms with Gasteiger partial charge in [0.2, 0.25) is 5.91 Å². The molecule has 3 amide bonds. The van der Waals surface area contributed by atoms with E-state index in [2.05, 4.69) is 16.8 Å². The van der Waals surface area contributed by atoms with Crippen LogP contribution >= 0.6 is 22.9 Å². The van der Waals surface area contributed by atoms with Crippen molar-refractivity contribution in [2.24, 2.45) is 5.92 Å². The van der Waals surface area contributed by atoms with E-state index < -0.39 is 0 Å². The molecule has 0 saturated heterocycles. The van der Waals surface area contributed by atoms with E-state index in [0.717, 1.165) is 36.1 Å². The van der Waals surface area contributed by atoms with E-state index in [1.54, 1.807) is 40.5 Å². The van der Waals surface area contributed by atoms with Gasteiger partial charge in [-0.15, -0.1) is 11.3 Å². The minimum atomic E-state index is -0.279. The van der Waals surface area contributed by atoms with Crippen LogP contribution in [0.5, 0.6) is 5.75 Å². The summed E-state index contributed by atoms with van der Waals surface area (Å²) in [6.45, 7) is 3.60. The maximum atomic E-state index is 13.7. The number of ether oxygens (including phenoxy) is 1.